The number of rotatable bonds is 5. The van der Waals surface area contributed by atoms with Gasteiger partial charge in [-0.25, -0.2) is 0 Å². The number of aryl methyl sites for hydroxylation is 2. The van der Waals surface area contributed by atoms with Gasteiger partial charge in [0.2, 0.25) is 0 Å². The lowest BCUT2D eigenvalue weighted by molar-refractivity contribution is -0.134. The van der Waals surface area contributed by atoms with Crippen molar-refractivity contribution in [2.45, 2.75) is 89.2 Å². The molecule has 1 aromatic rings. The molecule has 1 aromatic carbocycles. The summed E-state index contributed by atoms with van der Waals surface area (Å²) in [5.41, 5.74) is 2.94. The summed E-state index contributed by atoms with van der Waals surface area (Å²) in [6.07, 6.45) is 13.0. The van der Waals surface area contributed by atoms with Crippen molar-refractivity contribution in [3.05, 3.63) is 29.3 Å². The number of hydrogen-bond donors (Lipinski definition) is 1. The van der Waals surface area contributed by atoms with E-state index in [4.69, 9.17) is 4.74 Å². The van der Waals surface area contributed by atoms with Crippen LogP contribution in [0.5, 0.6) is 5.75 Å². The first-order chi connectivity index (χ1) is 13.1. The monoisotopic (exact) mass is 367 g/mol. The quantitative estimate of drug-likeness (QED) is 0.811. The van der Waals surface area contributed by atoms with Crippen molar-refractivity contribution in [2.24, 2.45) is 17.8 Å². The average molecular weight is 368 g/mol. The Balaban J connectivity index is 1.27. The molecule has 6 rings (SSSR count). The van der Waals surface area contributed by atoms with Gasteiger partial charge < -0.3 is 10.1 Å². The molecule has 4 bridgehead atoms. The highest BCUT2D eigenvalue weighted by Gasteiger charge is 2.51. The molecular weight excluding hydrogens is 334 g/mol. The number of benzene rings is 1. The van der Waals surface area contributed by atoms with Gasteiger partial charge in [0.25, 0.3) is 5.91 Å². The third-order valence-corrected chi connectivity index (χ3v) is 7.69. The van der Waals surface area contributed by atoms with E-state index < -0.39 is 0 Å². The molecule has 0 aliphatic heterocycles. The lowest BCUT2D eigenvalue weighted by Crippen LogP contribution is -2.61. The van der Waals surface area contributed by atoms with Crippen LogP contribution in [0.3, 0.4) is 0 Å². The van der Waals surface area contributed by atoms with E-state index in [1.165, 1.54) is 68.9 Å². The normalized spacial score (nSPS) is 34.8. The molecule has 1 amide bonds. The zero-order valence-corrected chi connectivity index (χ0v) is 16.6. The Morgan fingerprint density at radius 3 is 2.33 bits per heavy atom. The van der Waals surface area contributed by atoms with Crippen LogP contribution < -0.4 is 10.1 Å². The molecule has 4 saturated carbocycles. The zero-order chi connectivity index (χ0) is 18.4. The van der Waals surface area contributed by atoms with Crippen LogP contribution in [0.15, 0.2) is 18.2 Å². The van der Waals surface area contributed by atoms with Crippen LogP contribution >= 0.6 is 0 Å². The van der Waals surface area contributed by atoms with Crippen molar-refractivity contribution in [2.75, 3.05) is 0 Å². The Morgan fingerprint density at radius 1 is 1.07 bits per heavy atom. The van der Waals surface area contributed by atoms with E-state index in [1.807, 2.05) is 0 Å². The summed E-state index contributed by atoms with van der Waals surface area (Å²) in [5, 5.41) is 3.49. The molecule has 27 heavy (non-hydrogen) atoms. The van der Waals surface area contributed by atoms with E-state index in [1.54, 1.807) is 0 Å². The molecule has 1 atom stereocenters. The Labute approximate surface area is 163 Å². The molecule has 3 heteroatoms. The molecule has 5 aliphatic rings. The Morgan fingerprint density at radius 2 is 1.70 bits per heavy atom. The Bertz CT molecular complexity index is 690. The highest BCUT2D eigenvalue weighted by Crippen LogP contribution is 2.55. The van der Waals surface area contributed by atoms with Crippen LogP contribution in [0, 0.1) is 17.8 Å². The molecule has 1 N–H and O–H groups in total. The number of fused-ring (bicyclic) bond motifs is 1. The smallest absolute Gasteiger partial charge is 0.261 e. The van der Waals surface area contributed by atoms with Gasteiger partial charge in [0.05, 0.1) is 0 Å². The second kappa shape index (κ2) is 6.83. The highest BCUT2D eigenvalue weighted by atomic mass is 16.5. The first kappa shape index (κ1) is 17.6. The zero-order valence-electron chi connectivity index (χ0n) is 16.6. The Kier molecular flexibility index (Phi) is 4.44. The van der Waals surface area contributed by atoms with Gasteiger partial charge in [-0.3, -0.25) is 4.79 Å². The van der Waals surface area contributed by atoms with E-state index >= 15 is 0 Å². The first-order valence-corrected chi connectivity index (χ1v) is 11.2. The van der Waals surface area contributed by atoms with Gasteiger partial charge in [0.15, 0.2) is 6.10 Å². The molecule has 0 radical (unpaired) electrons. The molecular formula is C24H33NO2. The fraction of sp³-hybridized carbons (Fsp3) is 0.708. The fourth-order valence-electron chi connectivity index (χ4n) is 6.88. The summed E-state index contributed by atoms with van der Waals surface area (Å²) in [4.78, 5) is 13.1. The lowest BCUT2D eigenvalue weighted by Gasteiger charge is -2.57. The summed E-state index contributed by atoms with van der Waals surface area (Å²) in [7, 11) is 0. The highest BCUT2D eigenvalue weighted by molar-refractivity contribution is 5.82. The van der Waals surface area contributed by atoms with Gasteiger partial charge in [-0.2, -0.15) is 0 Å². The number of carbonyl (C=O) groups excluding carboxylic acids is 1. The molecule has 0 aromatic heterocycles. The van der Waals surface area contributed by atoms with Crippen molar-refractivity contribution >= 4 is 5.91 Å². The van der Waals surface area contributed by atoms with Crippen LogP contribution in [-0.4, -0.2) is 17.6 Å². The van der Waals surface area contributed by atoms with Crippen LogP contribution in [-0.2, 0) is 17.6 Å². The van der Waals surface area contributed by atoms with Gasteiger partial charge >= 0.3 is 0 Å². The molecule has 4 fully saturated rings. The molecule has 0 unspecified atom stereocenters. The predicted molar refractivity (Wildman–Crippen MR) is 107 cm³/mol. The van der Waals surface area contributed by atoms with E-state index in [2.05, 4.69) is 30.4 Å². The summed E-state index contributed by atoms with van der Waals surface area (Å²) in [6, 6.07) is 6.44. The van der Waals surface area contributed by atoms with Gasteiger partial charge in [-0.05, 0) is 112 Å². The summed E-state index contributed by atoms with van der Waals surface area (Å²) in [6.45, 7) is 2.06. The van der Waals surface area contributed by atoms with E-state index in [0.29, 0.717) is 0 Å². The topological polar surface area (TPSA) is 38.3 Å². The molecule has 3 nitrogen and oxygen atoms in total. The molecule has 0 heterocycles. The average Bonchev–Trinajstić information content (AvgIpc) is 2.64. The first-order valence-electron chi connectivity index (χ1n) is 11.2. The number of amides is 1. The SMILES string of the molecule is CC[C@H](Oc1ccc2c(c1)CCCC2)C(=O)NC12CC3CC(CC(C3)C1)C2. The minimum absolute atomic E-state index is 0.0679. The standard InChI is InChI=1S/C24H33NO2/c1-2-22(27-21-8-7-19-5-3-4-6-20(19)12-21)23(26)25-24-13-16-9-17(14-24)11-18(10-16)15-24/h7-8,12,16-18,22H,2-6,9-11,13-15H2,1H3,(H,25,26)/t16?,17?,18?,22-,24?/m0/s1. The van der Waals surface area contributed by atoms with Crippen molar-refractivity contribution in [1.82, 2.24) is 5.32 Å². The maximum atomic E-state index is 13.1. The molecule has 0 spiro atoms. The van der Waals surface area contributed by atoms with E-state index in [-0.39, 0.29) is 17.6 Å². The maximum Gasteiger partial charge on any atom is 0.261 e. The lowest BCUT2D eigenvalue weighted by atomic mass is 9.53. The predicted octanol–water partition coefficient (Wildman–Crippen LogP) is 4.81. The number of ether oxygens (including phenoxy) is 1. The second-order valence-corrected chi connectivity index (χ2v) is 9.84. The maximum absolute atomic E-state index is 13.1. The summed E-state index contributed by atoms with van der Waals surface area (Å²) in [5.74, 6) is 3.51. The third kappa shape index (κ3) is 3.39. The molecule has 146 valence electrons. The minimum Gasteiger partial charge on any atom is -0.481 e. The van der Waals surface area contributed by atoms with Gasteiger partial charge in [-0.1, -0.05) is 13.0 Å². The van der Waals surface area contributed by atoms with E-state index in [0.717, 1.165) is 36.3 Å². The number of hydrogen-bond acceptors (Lipinski definition) is 2. The van der Waals surface area contributed by atoms with Crippen molar-refractivity contribution in [3.8, 4) is 5.75 Å². The molecule has 0 saturated heterocycles. The fourth-order valence-corrected chi connectivity index (χ4v) is 6.88. The Hall–Kier alpha value is -1.51. The summed E-state index contributed by atoms with van der Waals surface area (Å²) < 4.78 is 6.19. The number of carbonyl (C=O) groups is 1. The largest absolute Gasteiger partial charge is 0.481 e. The summed E-state index contributed by atoms with van der Waals surface area (Å²) >= 11 is 0. The minimum atomic E-state index is -0.375. The van der Waals surface area contributed by atoms with E-state index in [9.17, 15) is 4.79 Å². The number of nitrogens with one attached hydrogen (secondary N) is 1. The van der Waals surface area contributed by atoms with Crippen LogP contribution in [0.2, 0.25) is 0 Å². The van der Waals surface area contributed by atoms with Crippen LogP contribution in [0.25, 0.3) is 0 Å². The van der Waals surface area contributed by atoms with Crippen molar-refractivity contribution in [3.63, 3.8) is 0 Å². The van der Waals surface area contributed by atoms with Crippen molar-refractivity contribution in [1.29, 1.82) is 0 Å². The van der Waals surface area contributed by atoms with Gasteiger partial charge in [-0.15, -0.1) is 0 Å². The van der Waals surface area contributed by atoms with Crippen LogP contribution in [0.4, 0.5) is 0 Å². The molecule has 5 aliphatic carbocycles. The van der Waals surface area contributed by atoms with Crippen LogP contribution in [0.1, 0.15) is 75.8 Å². The van der Waals surface area contributed by atoms with Gasteiger partial charge in [0, 0.05) is 5.54 Å². The second-order valence-electron chi connectivity index (χ2n) is 9.84. The third-order valence-electron chi connectivity index (χ3n) is 7.69. The van der Waals surface area contributed by atoms with Gasteiger partial charge in [0.1, 0.15) is 5.75 Å². The van der Waals surface area contributed by atoms with Crippen molar-refractivity contribution < 1.29 is 9.53 Å².